The average Bonchev–Trinajstić information content (AvgIpc) is 2.83. The number of benzene rings is 1. The van der Waals surface area contributed by atoms with E-state index in [0.29, 0.717) is 5.69 Å². The number of hydrogen-bond acceptors (Lipinski definition) is 4. The second-order valence-electron chi connectivity index (χ2n) is 4.81. The second kappa shape index (κ2) is 5.83. The molecule has 6 nitrogen and oxygen atoms in total. The number of aliphatic hydroxyl groups is 1. The van der Waals surface area contributed by atoms with E-state index in [1.807, 2.05) is 32.0 Å². The Hall–Kier alpha value is -2.21. The molecule has 0 aliphatic heterocycles. The Morgan fingerprint density at radius 3 is 2.85 bits per heavy atom. The van der Waals surface area contributed by atoms with Crippen LogP contribution in [-0.2, 0) is 11.3 Å². The molecule has 106 valence electrons. The quantitative estimate of drug-likeness (QED) is 0.887. The van der Waals surface area contributed by atoms with E-state index in [4.69, 9.17) is 0 Å². The highest BCUT2D eigenvalue weighted by Crippen LogP contribution is 2.17. The molecule has 0 spiro atoms. The van der Waals surface area contributed by atoms with Crippen LogP contribution >= 0.6 is 0 Å². The van der Waals surface area contributed by atoms with Crippen molar-refractivity contribution in [2.24, 2.45) is 0 Å². The molecule has 2 rings (SSSR count). The Bertz CT molecular complexity index is 619. The Labute approximate surface area is 117 Å². The van der Waals surface area contributed by atoms with Crippen molar-refractivity contribution < 1.29 is 9.90 Å². The van der Waals surface area contributed by atoms with E-state index in [9.17, 15) is 9.90 Å². The summed E-state index contributed by atoms with van der Waals surface area (Å²) >= 11 is 0. The van der Waals surface area contributed by atoms with E-state index in [0.717, 1.165) is 16.8 Å². The van der Waals surface area contributed by atoms with Crippen LogP contribution in [0.1, 0.15) is 29.8 Å². The molecule has 2 N–H and O–H groups in total. The van der Waals surface area contributed by atoms with Crippen molar-refractivity contribution in [2.45, 2.75) is 33.4 Å². The van der Waals surface area contributed by atoms with Crippen molar-refractivity contribution in [3.8, 4) is 0 Å². The predicted octanol–water partition coefficient (Wildman–Crippen LogP) is 1.59. The van der Waals surface area contributed by atoms with Gasteiger partial charge in [0.15, 0.2) is 0 Å². The summed E-state index contributed by atoms with van der Waals surface area (Å²) in [6.07, 6.45) is 0.874. The lowest BCUT2D eigenvalue weighted by Crippen LogP contribution is -2.19. The number of carbonyl (C=O) groups is 1. The van der Waals surface area contributed by atoms with Crippen LogP contribution in [0.25, 0.3) is 0 Å². The van der Waals surface area contributed by atoms with Crippen LogP contribution in [0.5, 0.6) is 0 Å². The maximum absolute atomic E-state index is 12.0. The Balaban J connectivity index is 2.03. The minimum Gasteiger partial charge on any atom is -0.387 e. The molecule has 1 aromatic carbocycles. The molecule has 0 saturated carbocycles. The third kappa shape index (κ3) is 3.21. The molecule has 0 radical (unpaired) electrons. The van der Waals surface area contributed by atoms with Crippen molar-refractivity contribution in [2.75, 3.05) is 5.32 Å². The average molecular weight is 274 g/mol. The number of rotatable bonds is 4. The number of carbonyl (C=O) groups excluding carboxylic acids is 1. The van der Waals surface area contributed by atoms with Crippen LogP contribution in [0.3, 0.4) is 0 Å². The van der Waals surface area contributed by atoms with E-state index in [-0.39, 0.29) is 12.5 Å². The maximum atomic E-state index is 12.0. The van der Waals surface area contributed by atoms with E-state index >= 15 is 0 Å². The Morgan fingerprint density at radius 1 is 1.45 bits per heavy atom. The predicted molar refractivity (Wildman–Crippen MR) is 75.2 cm³/mol. The fraction of sp³-hybridized carbons (Fsp3) is 0.357. The Morgan fingerprint density at radius 2 is 2.20 bits per heavy atom. The highest BCUT2D eigenvalue weighted by Gasteiger charge is 2.10. The molecule has 1 amide bonds. The first kappa shape index (κ1) is 14.2. The van der Waals surface area contributed by atoms with Crippen LogP contribution in [0.4, 0.5) is 5.69 Å². The number of aliphatic hydroxyl groups excluding tert-OH is 1. The summed E-state index contributed by atoms with van der Waals surface area (Å²) in [6, 6.07) is 5.76. The van der Waals surface area contributed by atoms with Gasteiger partial charge >= 0.3 is 0 Å². The summed E-state index contributed by atoms with van der Waals surface area (Å²) in [5.41, 5.74) is 3.42. The molecular weight excluding hydrogens is 256 g/mol. The van der Waals surface area contributed by atoms with Gasteiger partial charge < -0.3 is 10.4 Å². The number of aryl methyl sites for hydroxylation is 1. The first-order valence-electron chi connectivity index (χ1n) is 6.41. The molecule has 0 aliphatic carbocycles. The lowest BCUT2D eigenvalue weighted by Gasteiger charge is -2.10. The van der Waals surface area contributed by atoms with Crippen molar-refractivity contribution in [3.05, 3.63) is 41.2 Å². The van der Waals surface area contributed by atoms with Gasteiger partial charge in [0.1, 0.15) is 12.2 Å². The third-order valence-electron chi connectivity index (χ3n) is 3.17. The van der Waals surface area contributed by atoms with Gasteiger partial charge in [-0.3, -0.25) is 4.79 Å². The van der Waals surface area contributed by atoms with E-state index in [2.05, 4.69) is 15.6 Å². The van der Waals surface area contributed by atoms with Gasteiger partial charge in [-0.15, -0.1) is 5.10 Å². The maximum Gasteiger partial charge on any atom is 0.246 e. The first-order valence-corrected chi connectivity index (χ1v) is 6.41. The zero-order valence-corrected chi connectivity index (χ0v) is 11.8. The first-order chi connectivity index (χ1) is 9.47. The fourth-order valence-electron chi connectivity index (χ4n) is 1.81. The molecule has 1 heterocycles. The van der Waals surface area contributed by atoms with Crippen LogP contribution < -0.4 is 5.32 Å². The molecule has 1 unspecified atom stereocenters. The molecule has 6 heteroatoms. The summed E-state index contributed by atoms with van der Waals surface area (Å²) < 4.78 is 1.41. The van der Waals surface area contributed by atoms with E-state index in [1.165, 1.54) is 4.68 Å². The fourth-order valence-corrected chi connectivity index (χ4v) is 1.81. The zero-order valence-electron chi connectivity index (χ0n) is 11.8. The Kier molecular flexibility index (Phi) is 4.14. The highest BCUT2D eigenvalue weighted by molar-refractivity contribution is 5.91. The van der Waals surface area contributed by atoms with Crippen LogP contribution in [0.2, 0.25) is 0 Å². The van der Waals surface area contributed by atoms with E-state index < -0.39 is 6.10 Å². The molecular formula is C14H18N4O2. The van der Waals surface area contributed by atoms with Gasteiger partial charge in [-0.2, -0.15) is 0 Å². The second-order valence-corrected chi connectivity index (χ2v) is 4.81. The summed E-state index contributed by atoms with van der Waals surface area (Å²) in [7, 11) is 0. The number of aromatic nitrogens is 3. The van der Waals surface area contributed by atoms with E-state index in [1.54, 1.807) is 13.1 Å². The van der Waals surface area contributed by atoms with Crippen molar-refractivity contribution in [1.82, 2.24) is 15.0 Å². The van der Waals surface area contributed by atoms with Gasteiger partial charge in [0.25, 0.3) is 0 Å². The smallest absolute Gasteiger partial charge is 0.246 e. The SMILES string of the molecule is Cc1cccc(NC(=O)Cn2cc(C(C)O)nn2)c1C. The third-order valence-corrected chi connectivity index (χ3v) is 3.17. The zero-order chi connectivity index (χ0) is 14.7. The minimum atomic E-state index is -0.689. The molecule has 20 heavy (non-hydrogen) atoms. The molecule has 0 aliphatic rings. The van der Waals surface area contributed by atoms with Crippen molar-refractivity contribution >= 4 is 11.6 Å². The standard InChI is InChI=1S/C14H18N4O2/c1-9-5-4-6-12(10(9)2)15-14(20)8-18-7-13(11(3)19)16-17-18/h4-7,11,19H,8H2,1-3H3,(H,15,20). The summed E-state index contributed by atoms with van der Waals surface area (Å²) in [4.78, 5) is 12.0. The molecule has 2 aromatic rings. The number of hydrogen-bond donors (Lipinski definition) is 2. The number of nitrogens with one attached hydrogen (secondary N) is 1. The van der Waals surface area contributed by atoms with Gasteiger partial charge in [0.05, 0.1) is 12.3 Å². The van der Waals surface area contributed by atoms with Crippen molar-refractivity contribution in [3.63, 3.8) is 0 Å². The number of nitrogens with zero attached hydrogens (tertiary/aromatic N) is 3. The van der Waals surface area contributed by atoms with Gasteiger partial charge in [-0.1, -0.05) is 17.3 Å². The molecule has 0 bridgehead atoms. The van der Waals surface area contributed by atoms with Crippen LogP contribution in [0.15, 0.2) is 24.4 Å². The van der Waals surface area contributed by atoms with Gasteiger partial charge in [-0.05, 0) is 38.0 Å². The number of anilines is 1. The lowest BCUT2D eigenvalue weighted by atomic mass is 10.1. The monoisotopic (exact) mass is 274 g/mol. The van der Waals surface area contributed by atoms with Gasteiger partial charge in [-0.25, -0.2) is 4.68 Å². The molecule has 1 atom stereocenters. The van der Waals surface area contributed by atoms with Gasteiger partial charge in [0.2, 0.25) is 5.91 Å². The number of amides is 1. The molecule has 1 aromatic heterocycles. The van der Waals surface area contributed by atoms with Gasteiger partial charge in [0, 0.05) is 5.69 Å². The lowest BCUT2D eigenvalue weighted by molar-refractivity contribution is -0.116. The molecule has 0 saturated heterocycles. The topological polar surface area (TPSA) is 80.0 Å². The summed E-state index contributed by atoms with van der Waals surface area (Å²) in [5.74, 6) is -0.180. The van der Waals surface area contributed by atoms with Crippen LogP contribution in [0, 0.1) is 13.8 Å². The normalized spacial score (nSPS) is 12.2. The van der Waals surface area contributed by atoms with Crippen molar-refractivity contribution in [1.29, 1.82) is 0 Å². The summed E-state index contributed by atoms with van der Waals surface area (Å²) in [5, 5.41) is 19.8. The largest absolute Gasteiger partial charge is 0.387 e. The highest BCUT2D eigenvalue weighted by atomic mass is 16.3. The van der Waals surface area contributed by atoms with Crippen LogP contribution in [-0.4, -0.2) is 26.0 Å². The molecule has 0 fully saturated rings. The minimum absolute atomic E-state index is 0.0626. The summed E-state index contributed by atoms with van der Waals surface area (Å²) in [6.45, 7) is 5.63.